The molecule has 59 heavy (non-hydrogen) atoms. The molecule has 1 aliphatic rings. The fraction of sp³-hybridized carbons (Fsp3) is 0.0526. The molecular formula is C57H42N2. The Kier molecular flexibility index (Phi) is 8.20. The first-order chi connectivity index (χ1) is 29.1. The number of benzene rings is 10. The Labute approximate surface area is 345 Å². The van der Waals surface area contributed by atoms with Crippen molar-refractivity contribution in [2.24, 2.45) is 0 Å². The first kappa shape index (κ1) is 34.8. The fourth-order valence-corrected chi connectivity index (χ4v) is 9.66. The average Bonchev–Trinajstić information content (AvgIpc) is 3.52. The summed E-state index contributed by atoms with van der Waals surface area (Å²) in [5.74, 6) is 0. The summed E-state index contributed by atoms with van der Waals surface area (Å²) >= 11 is 0. The normalized spacial score (nSPS) is 12.7. The third-order valence-corrected chi connectivity index (χ3v) is 12.4. The van der Waals surface area contributed by atoms with Gasteiger partial charge in [-0.3, -0.25) is 0 Å². The molecule has 280 valence electrons. The molecule has 10 aromatic rings. The molecule has 11 rings (SSSR count). The largest absolute Gasteiger partial charge is 0.310 e. The minimum Gasteiger partial charge on any atom is -0.310 e. The predicted molar refractivity (Wildman–Crippen MR) is 251 cm³/mol. The van der Waals surface area contributed by atoms with E-state index in [2.05, 4.69) is 242 Å². The van der Waals surface area contributed by atoms with Gasteiger partial charge in [0.15, 0.2) is 0 Å². The van der Waals surface area contributed by atoms with E-state index in [0.717, 1.165) is 28.4 Å². The standard InChI is InChI=1S/C57H42N2/c1-57(2)52-30-16-15-25-46(52)47-37-36-44(38-53(47)57)59(42-22-7-4-8-23-42)56-50-28-13-11-26-48(50)55(49-27-12-14-29-51(49)56)40-32-34-43(35-33-40)58(41-20-5-3-6-21-41)54-31-17-19-39-18-9-10-24-45(39)54/h3-38H,1-2H3. The molecule has 2 nitrogen and oxygen atoms in total. The summed E-state index contributed by atoms with van der Waals surface area (Å²) in [5, 5.41) is 7.29. The number of rotatable bonds is 7. The molecule has 0 N–H and O–H groups in total. The van der Waals surface area contributed by atoms with Gasteiger partial charge in [-0.25, -0.2) is 0 Å². The lowest BCUT2D eigenvalue weighted by atomic mass is 9.82. The average molecular weight is 755 g/mol. The molecule has 2 heteroatoms. The van der Waals surface area contributed by atoms with Gasteiger partial charge in [0.2, 0.25) is 0 Å². The van der Waals surface area contributed by atoms with Crippen LogP contribution in [0.15, 0.2) is 218 Å². The van der Waals surface area contributed by atoms with Crippen LogP contribution in [-0.4, -0.2) is 0 Å². The van der Waals surface area contributed by atoms with Crippen LogP contribution in [-0.2, 0) is 5.41 Å². The molecule has 0 unspecified atom stereocenters. The van der Waals surface area contributed by atoms with Crippen LogP contribution in [0, 0.1) is 0 Å². The topological polar surface area (TPSA) is 6.48 Å². The predicted octanol–water partition coefficient (Wildman–Crippen LogP) is 16.1. The van der Waals surface area contributed by atoms with E-state index in [1.807, 2.05) is 0 Å². The third kappa shape index (κ3) is 5.63. The third-order valence-electron chi connectivity index (χ3n) is 12.4. The van der Waals surface area contributed by atoms with E-state index in [9.17, 15) is 0 Å². The maximum absolute atomic E-state index is 2.48. The summed E-state index contributed by atoms with van der Waals surface area (Å²) < 4.78 is 0. The Morgan fingerprint density at radius 3 is 1.51 bits per heavy atom. The van der Waals surface area contributed by atoms with Crippen molar-refractivity contribution < 1.29 is 0 Å². The lowest BCUT2D eigenvalue weighted by Gasteiger charge is -2.31. The number of nitrogens with zero attached hydrogens (tertiary/aromatic N) is 2. The SMILES string of the molecule is CC1(C)c2ccccc2-c2ccc(N(c3ccccc3)c3c4ccccc4c(-c4ccc(N(c5ccccc5)c5cccc6ccccc56)cc4)c4ccccc34)cc21. The van der Waals surface area contributed by atoms with E-state index in [-0.39, 0.29) is 5.41 Å². The number of anilines is 6. The van der Waals surface area contributed by atoms with Gasteiger partial charge in [0.25, 0.3) is 0 Å². The maximum Gasteiger partial charge on any atom is 0.0618 e. The van der Waals surface area contributed by atoms with Gasteiger partial charge >= 0.3 is 0 Å². The van der Waals surface area contributed by atoms with Crippen molar-refractivity contribution in [2.45, 2.75) is 19.3 Å². The Morgan fingerprint density at radius 1 is 0.339 bits per heavy atom. The first-order valence-electron chi connectivity index (χ1n) is 20.5. The summed E-state index contributed by atoms with van der Waals surface area (Å²) in [6.45, 7) is 4.72. The van der Waals surface area contributed by atoms with Gasteiger partial charge in [-0.1, -0.05) is 178 Å². The van der Waals surface area contributed by atoms with Gasteiger partial charge in [0.1, 0.15) is 0 Å². The molecule has 0 atom stereocenters. The van der Waals surface area contributed by atoms with E-state index in [1.165, 1.54) is 71.4 Å². The summed E-state index contributed by atoms with van der Waals surface area (Å²) in [6.07, 6.45) is 0. The zero-order chi connectivity index (χ0) is 39.5. The molecule has 0 amide bonds. The lowest BCUT2D eigenvalue weighted by molar-refractivity contribution is 0.660. The zero-order valence-electron chi connectivity index (χ0n) is 33.2. The highest BCUT2D eigenvalue weighted by Crippen LogP contribution is 2.53. The van der Waals surface area contributed by atoms with Crippen LogP contribution in [0.4, 0.5) is 34.1 Å². The molecule has 10 aromatic carbocycles. The quantitative estimate of drug-likeness (QED) is 0.150. The van der Waals surface area contributed by atoms with E-state index in [0.29, 0.717) is 0 Å². The Balaban J connectivity index is 1.10. The number of fused-ring (bicyclic) bond motifs is 6. The second-order valence-electron chi connectivity index (χ2n) is 16.1. The van der Waals surface area contributed by atoms with Gasteiger partial charge in [-0.15, -0.1) is 0 Å². The fourth-order valence-electron chi connectivity index (χ4n) is 9.66. The van der Waals surface area contributed by atoms with E-state index in [1.54, 1.807) is 0 Å². The second kappa shape index (κ2) is 13.9. The van der Waals surface area contributed by atoms with E-state index >= 15 is 0 Å². The van der Waals surface area contributed by atoms with Crippen LogP contribution >= 0.6 is 0 Å². The summed E-state index contributed by atoms with van der Waals surface area (Å²) in [7, 11) is 0. The van der Waals surface area contributed by atoms with Crippen molar-refractivity contribution >= 4 is 66.4 Å². The summed E-state index contributed by atoms with van der Waals surface area (Å²) in [5.41, 5.74) is 14.5. The van der Waals surface area contributed by atoms with E-state index < -0.39 is 0 Å². The summed E-state index contributed by atoms with van der Waals surface area (Å²) in [4.78, 5) is 4.86. The van der Waals surface area contributed by atoms with Crippen LogP contribution in [0.3, 0.4) is 0 Å². The smallest absolute Gasteiger partial charge is 0.0618 e. The molecule has 0 aliphatic heterocycles. The number of hydrogen-bond acceptors (Lipinski definition) is 2. The van der Waals surface area contributed by atoms with Crippen molar-refractivity contribution in [3.05, 3.63) is 230 Å². The van der Waals surface area contributed by atoms with Gasteiger partial charge in [-0.2, -0.15) is 0 Å². The summed E-state index contributed by atoms with van der Waals surface area (Å²) in [6, 6.07) is 79.8. The Bertz CT molecular complexity index is 3120. The Morgan fingerprint density at radius 2 is 0.831 bits per heavy atom. The van der Waals surface area contributed by atoms with Gasteiger partial charge in [0.05, 0.1) is 11.4 Å². The van der Waals surface area contributed by atoms with Gasteiger partial charge in [-0.05, 0) is 104 Å². The highest BCUT2D eigenvalue weighted by Gasteiger charge is 2.36. The van der Waals surface area contributed by atoms with Gasteiger partial charge < -0.3 is 9.80 Å². The highest BCUT2D eigenvalue weighted by molar-refractivity contribution is 6.22. The van der Waals surface area contributed by atoms with Crippen LogP contribution in [0.5, 0.6) is 0 Å². The van der Waals surface area contributed by atoms with Crippen LogP contribution < -0.4 is 9.80 Å². The molecule has 0 aromatic heterocycles. The minimum absolute atomic E-state index is 0.117. The molecule has 0 radical (unpaired) electrons. The van der Waals surface area contributed by atoms with Crippen LogP contribution in [0.25, 0.3) is 54.6 Å². The van der Waals surface area contributed by atoms with Crippen molar-refractivity contribution in [1.29, 1.82) is 0 Å². The van der Waals surface area contributed by atoms with Crippen molar-refractivity contribution in [3.8, 4) is 22.3 Å². The second-order valence-corrected chi connectivity index (χ2v) is 16.1. The van der Waals surface area contributed by atoms with Crippen LogP contribution in [0.1, 0.15) is 25.0 Å². The van der Waals surface area contributed by atoms with E-state index in [4.69, 9.17) is 0 Å². The minimum atomic E-state index is -0.117. The zero-order valence-corrected chi connectivity index (χ0v) is 33.2. The van der Waals surface area contributed by atoms with Crippen molar-refractivity contribution in [1.82, 2.24) is 0 Å². The molecule has 0 fully saturated rings. The van der Waals surface area contributed by atoms with Crippen molar-refractivity contribution in [3.63, 3.8) is 0 Å². The molecule has 0 heterocycles. The monoisotopic (exact) mass is 754 g/mol. The maximum atomic E-state index is 2.48. The molecule has 0 spiro atoms. The molecule has 0 saturated carbocycles. The first-order valence-corrected chi connectivity index (χ1v) is 20.5. The number of hydrogen-bond donors (Lipinski definition) is 0. The molecular weight excluding hydrogens is 713 g/mol. The highest BCUT2D eigenvalue weighted by atomic mass is 15.1. The molecule has 1 aliphatic carbocycles. The number of para-hydroxylation sites is 2. The lowest BCUT2D eigenvalue weighted by Crippen LogP contribution is -2.17. The molecule has 0 saturated heterocycles. The van der Waals surface area contributed by atoms with Gasteiger partial charge in [0, 0.05) is 44.3 Å². The Hall–Kier alpha value is -7.42. The van der Waals surface area contributed by atoms with Crippen LogP contribution in [0.2, 0.25) is 0 Å². The molecule has 0 bridgehead atoms. The van der Waals surface area contributed by atoms with Crippen molar-refractivity contribution in [2.75, 3.05) is 9.80 Å².